The van der Waals surface area contributed by atoms with Crippen LogP contribution >= 0.6 is 0 Å². The van der Waals surface area contributed by atoms with Gasteiger partial charge < -0.3 is 19.9 Å². The van der Waals surface area contributed by atoms with Crippen molar-refractivity contribution in [2.45, 2.75) is 58.8 Å². The molecule has 0 aromatic carbocycles. The summed E-state index contributed by atoms with van der Waals surface area (Å²) in [6.07, 6.45) is -1.45. The summed E-state index contributed by atoms with van der Waals surface area (Å²) in [5.41, 5.74) is -0.565. The number of carbonyl (C=O) groups excluding carboxylic acids is 1. The molecule has 2 N–H and O–H groups in total. The summed E-state index contributed by atoms with van der Waals surface area (Å²) in [6.45, 7) is 8.99. The molecule has 6 heteroatoms. The van der Waals surface area contributed by atoms with Crippen LogP contribution < -0.4 is 5.32 Å². The third-order valence-electron chi connectivity index (χ3n) is 1.79. The smallest absolute Gasteiger partial charge is 0.407 e. The third-order valence-corrected chi connectivity index (χ3v) is 1.79. The Balaban J connectivity index is 4.00. The van der Waals surface area contributed by atoms with Gasteiger partial charge in [-0.25, -0.2) is 9.59 Å². The fourth-order valence-corrected chi connectivity index (χ4v) is 1.20. The highest BCUT2D eigenvalue weighted by Crippen LogP contribution is 2.07. The molecule has 0 bridgehead atoms. The molecule has 0 aliphatic heterocycles. The highest BCUT2D eigenvalue weighted by atomic mass is 16.6. The van der Waals surface area contributed by atoms with Crippen molar-refractivity contribution in [3.05, 3.63) is 0 Å². The number of rotatable bonds is 6. The van der Waals surface area contributed by atoms with Crippen molar-refractivity contribution in [2.75, 3.05) is 6.54 Å². The predicted octanol–water partition coefficient (Wildman–Crippen LogP) is 1.78. The zero-order valence-corrected chi connectivity index (χ0v) is 11.6. The Morgan fingerprint density at radius 2 is 1.83 bits per heavy atom. The number of carbonyl (C=O) groups is 2. The van der Waals surface area contributed by atoms with Crippen LogP contribution in [0, 0.1) is 0 Å². The van der Waals surface area contributed by atoms with Crippen LogP contribution in [-0.2, 0) is 14.3 Å². The normalized spacial score (nSPS) is 13.2. The van der Waals surface area contributed by atoms with Crippen LogP contribution in [0.3, 0.4) is 0 Å². The van der Waals surface area contributed by atoms with Gasteiger partial charge in [-0.05, 0) is 34.6 Å². The van der Waals surface area contributed by atoms with Crippen molar-refractivity contribution >= 4 is 12.1 Å². The minimum absolute atomic E-state index is 0.173. The topological polar surface area (TPSA) is 84.9 Å². The monoisotopic (exact) mass is 261 g/mol. The van der Waals surface area contributed by atoms with Gasteiger partial charge in [-0.2, -0.15) is 0 Å². The highest BCUT2D eigenvalue weighted by Gasteiger charge is 2.20. The maximum absolute atomic E-state index is 11.3. The van der Waals surface area contributed by atoms with Crippen molar-refractivity contribution in [1.82, 2.24) is 5.32 Å². The van der Waals surface area contributed by atoms with Gasteiger partial charge in [0, 0.05) is 13.0 Å². The number of nitrogens with one attached hydrogen (secondary N) is 1. The Bertz CT molecular complexity index is 283. The van der Waals surface area contributed by atoms with E-state index in [4.69, 9.17) is 14.6 Å². The molecule has 0 saturated heterocycles. The molecule has 6 nitrogen and oxygen atoms in total. The van der Waals surface area contributed by atoms with E-state index in [2.05, 4.69) is 5.32 Å². The lowest BCUT2D eigenvalue weighted by Crippen LogP contribution is -2.36. The molecule has 106 valence electrons. The number of amides is 1. The molecule has 18 heavy (non-hydrogen) atoms. The summed E-state index contributed by atoms with van der Waals surface area (Å²) in [7, 11) is 0. The van der Waals surface area contributed by atoms with Crippen molar-refractivity contribution in [2.24, 2.45) is 0 Å². The van der Waals surface area contributed by atoms with Crippen molar-refractivity contribution < 1.29 is 24.2 Å². The summed E-state index contributed by atoms with van der Waals surface area (Å²) < 4.78 is 10.2. The van der Waals surface area contributed by atoms with E-state index in [0.29, 0.717) is 0 Å². The Morgan fingerprint density at radius 1 is 1.28 bits per heavy atom. The second-order valence-electron chi connectivity index (χ2n) is 5.23. The Labute approximate surface area is 108 Å². The first-order valence-electron chi connectivity index (χ1n) is 5.97. The van der Waals surface area contributed by atoms with E-state index >= 15 is 0 Å². The van der Waals surface area contributed by atoms with E-state index in [1.807, 2.05) is 0 Å². The number of carboxylic acids is 1. The fraction of sp³-hybridized carbons (Fsp3) is 0.833. The van der Waals surface area contributed by atoms with Crippen molar-refractivity contribution in [1.29, 1.82) is 0 Å². The maximum atomic E-state index is 11.3. The fourth-order valence-electron chi connectivity index (χ4n) is 1.20. The Kier molecular flexibility index (Phi) is 6.68. The standard InChI is InChI=1S/C12H23NO5/c1-8(2)17-9(10(14)15)6-7-13-11(16)18-12(3,4)5/h8-9H,6-7H2,1-5H3,(H,13,16)(H,14,15)/t9-/m1/s1. The molecule has 0 aliphatic carbocycles. The molecule has 1 atom stereocenters. The Hall–Kier alpha value is -1.30. The lowest BCUT2D eigenvalue weighted by Gasteiger charge is -2.20. The molecule has 0 heterocycles. The highest BCUT2D eigenvalue weighted by molar-refractivity contribution is 5.72. The van der Waals surface area contributed by atoms with E-state index in [1.165, 1.54) is 0 Å². The largest absolute Gasteiger partial charge is 0.479 e. The van der Waals surface area contributed by atoms with Crippen LogP contribution in [-0.4, -0.2) is 41.5 Å². The van der Waals surface area contributed by atoms with Gasteiger partial charge >= 0.3 is 12.1 Å². The number of alkyl carbamates (subject to hydrolysis) is 1. The molecule has 0 rings (SSSR count). The van der Waals surface area contributed by atoms with Crippen LogP contribution in [0.1, 0.15) is 41.0 Å². The predicted molar refractivity (Wildman–Crippen MR) is 66.5 cm³/mol. The number of hydrogen-bond acceptors (Lipinski definition) is 4. The van der Waals surface area contributed by atoms with E-state index in [0.717, 1.165) is 0 Å². The lowest BCUT2D eigenvalue weighted by atomic mass is 10.2. The van der Waals surface area contributed by atoms with Crippen molar-refractivity contribution in [3.63, 3.8) is 0 Å². The van der Waals surface area contributed by atoms with Crippen LogP contribution in [0.4, 0.5) is 4.79 Å². The first kappa shape index (κ1) is 16.7. The van der Waals surface area contributed by atoms with Crippen molar-refractivity contribution in [3.8, 4) is 0 Å². The molecule has 1 amide bonds. The SMILES string of the molecule is CC(C)O[C@H](CCNC(=O)OC(C)(C)C)C(=O)O. The van der Waals surface area contributed by atoms with E-state index in [9.17, 15) is 9.59 Å². The second kappa shape index (κ2) is 7.20. The van der Waals surface area contributed by atoms with Gasteiger partial charge in [0.15, 0.2) is 6.10 Å². The molecule has 0 spiro atoms. The molecule has 0 fully saturated rings. The minimum Gasteiger partial charge on any atom is -0.479 e. The van der Waals surface area contributed by atoms with Crippen LogP contribution in [0.15, 0.2) is 0 Å². The summed E-state index contributed by atoms with van der Waals surface area (Å²) >= 11 is 0. The van der Waals surface area contributed by atoms with E-state index in [-0.39, 0.29) is 19.1 Å². The quantitative estimate of drug-likeness (QED) is 0.761. The summed E-state index contributed by atoms with van der Waals surface area (Å²) in [5, 5.41) is 11.4. The van der Waals surface area contributed by atoms with Gasteiger partial charge in [0.05, 0.1) is 6.10 Å². The Morgan fingerprint density at radius 3 is 2.22 bits per heavy atom. The maximum Gasteiger partial charge on any atom is 0.407 e. The average molecular weight is 261 g/mol. The van der Waals surface area contributed by atoms with Gasteiger partial charge in [-0.15, -0.1) is 0 Å². The molecule has 0 unspecified atom stereocenters. The minimum atomic E-state index is -1.03. The lowest BCUT2D eigenvalue weighted by molar-refractivity contribution is -0.153. The van der Waals surface area contributed by atoms with Gasteiger partial charge in [0.2, 0.25) is 0 Å². The van der Waals surface area contributed by atoms with Gasteiger partial charge in [0.1, 0.15) is 5.60 Å². The number of hydrogen-bond donors (Lipinski definition) is 2. The molecular formula is C12H23NO5. The molecule has 0 aliphatic rings. The summed E-state index contributed by atoms with van der Waals surface area (Å²) in [5.74, 6) is -1.03. The van der Waals surface area contributed by atoms with E-state index in [1.54, 1.807) is 34.6 Å². The molecule has 0 aromatic heterocycles. The van der Waals surface area contributed by atoms with Crippen LogP contribution in [0.25, 0.3) is 0 Å². The first-order valence-corrected chi connectivity index (χ1v) is 5.97. The number of ether oxygens (including phenoxy) is 2. The molecule has 0 saturated carbocycles. The third kappa shape index (κ3) is 8.81. The van der Waals surface area contributed by atoms with E-state index < -0.39 is 23.8 Å². The first-order chi connectivity index (χ1) is 8.11. The summed E-state index contributed by atoms with van der Waals surface area (Å²) in [6, 6.07) is 0. The van der Waals surface area contributed by atoms with Gasteiger partial charge in [-0.1, -0.05) is 0 Å². The average Bonchev–Trinajstić information content (AvgIpc) is 2.12. The van der Waals surface area contributed by atoms with Crippen LogP contribution in [0.5, 0.6) is 0 Å². The summed E-state index contributed by atoms with van der Waals surface area (Å²) in [4.78, 5) is 22.2. The zero-order valence-electron chi connectivity index (χ0n) is 11.6. The molecule has 0 aromatic rings. The van der Waals surface area contributed by atoms with Gasteiger partial charge in [0.25, 0.3) is 0 Å². The second-order valence-corrected chi connectivity index (χ2v) is 5.23. The van der Waals surface area contributed by atoms with Crippen LogP contribution in [0.2, 0.25) is 0 Å². The molecular weight excluding hydrogens is 238 g/mol. The zero-order chi connectivity index (χ0) is 14.3. The number of carboxylic acid groups (broad SMARTS) is 1. The van der Waals surface area contributed by atoms with Gasteiger partial charge in [-0.3, -0.25) is 0 Å². The number of aliphatic carboxylic acids is 1. The molecule has 0 radical (unpaired) electrons.